The number of benzene rings is 3. The Bertz CT molecular complexity index is 1440. The molecular weight excluding hydrogens is 550 g/mol. The molecule has 3 aromatic carbocycles. The van der Waals surface area contributed by atoms with Crippen molar-refractivity contribution in [1.82, 2.24) is 10.2 Å². The van der Waals surface area contributed by atoms with Gasteiger partial charge in [-0.1, -0.05) is 68.7 Å². The van der Waals surface area contributed by atoms with E-state index in [-0.39, 0.29) is 23.4 Å². The van der Waals surface area contributed by atoms with Crippen LogP contribution >= 0.6 is 0 Å². The van der Waals surface area contributed by atoms with Gasteiger partial charge < -0.3 is 15.0 Å². The highest BCUT2D eigenvalue weighted by Gasteiger charge is 2.34. The minimum absolute atomic E-state index is 0.0347. The molecule has 42 heavy (non-hydrogen) atoms. The summed E-state index contributed by atoms with van der Waals surface area (Å²) < 4.78 is 34.3. The molecule has 8 nitrogen and oxygen atoms in total. The van der Waals surface area contributed by atoms with E-state index in [4.69, 9.17) is 4.74 Å². The lowest BCUT2D eigenvalue weighted by atomic mass is 9.95. The van der Waals surface area contributed by atoms with Crippen molar-refractivity contribution in [2.75, 3.05) is 18.0 Å². The Morgan fingerprint density at radius 2 is 1.57 bits per heavy atom. The van der Waals surface area contributed by atoms with Crippen molar-refractivity contribution in [3.8, 4) is 5.75 Å². The number of sulfonamides is 1. The Morgan fingerprint density at radius 1 is 0.929 bits per heavy atom. The van der Waals surface area contributed by atoms with Crippen LogP contribution in [0.4, 0.5) is 5.69 Å². The van der Waals surface area contributed by atoms with Crippen molar-refractivity contribution in [2.45, 2.75) is 75.9 Å². The highest BCUT2D eigenvalue weighted by atomic mass is 32.2. The summed E-state index contributed by atoms with van der Waals surface area (Å²) in [7, 11) is -2.62. The number of carbonyl (C=O) groups is 2. The fourth-order valence-electron chi connectivity index (χ4n) is 5.43. The first-order valence-corrected chi connectivity index (χ1v) is 16.0. The lowest BCUT2D eigenvalue weighted by Gasteiger charge is -2.34. The van der Waals surface area contributed by atoms with Crippen LogP contribution in [-0.4, -0.2) is 50.9 Å². The number of ether oxygens (including phenoxy) is 1. The van der Waals surface area contributed by atoms with E-state index in [0.29, 0.717) is 17.9 Å². The first-order chi connectivity index (χ1) is 20.2. The maximum Gasteiger partial charge on any atom is 0.264 e. The number of carbonyl (C=O) groups excluding carboxylic acids is 2. The predicted octanol–water partition coefficient (Wildman–Crippen LogP) is 5.46. The number of anilines is 1. The average molecular weight is 592 g/mol. The summed E-state index contributed by atoms with van der Waals surface area (Å²) in [6.45, 7) is 3.57. The van der Waals surface area contributed by atoms with E-state index in [1.807, 2.05) is 38.1 Å². The zero-order valence-corrected chi connectivity index (χ0v) is 25.5. The number of aryl methyl sites for hydroxylation is 1. The Labute approximate surface area is 249 Å². The van der Waals surface area contributed by atoms with Gasteiger partial charge in [0.2, 0.25) is 11.8 Å². The molecule has 0 spiro atoms. The maximum absolute atomic E-state index is 14.2. The molecule has 2 amide bonds. The smallest absolute Gasteiger partial charge is 0.264 e. The fourth-order valence-corrected chi connectivity index (χ4v) is 6.85. The Morgan fingerprint density at radius 3 is 2.19 bits per heavy atom. The van der Waals surface area contributed by atoms with Gasteiger partial charge >= 0.3 is 0 Å². The minimum atomic E-state index is -4.13. The number of amides is 2. The first kappa shape index (κ1) is 31.1. The number of para-hydroxylation sites is 1. The normalized spacial score (nSPS) is 14.5. The molecule has 0 saturated heterocycles. The van der Waals surface area contributed by atoms with Gasteiger partial charge in [-0.3, -0.25) is 13.9 Å². The SMILES string of the molecule is CC[C@H](C(=O)NC1CCCCC1)N(Cc1ccccc1C)C(=O)CN(c1ccccc1)S(=O)(=O)c1ccc(OC)cc1. The third kappa shape index (κ3) is 7.50. The number of hydrogen-bond donors (Lipinski definition) is 1. The van der Waals surface area contributed by atoms with E-state index in [0.717, 1.165) is 41.1 Å². The van der Waals surface area contributed by atoms with Gasteiger partial charge in [0.15, 0.2) is 0 Å². The second kappa shape index (κ2) is 14.4. The lowest BCUT2D eigenvalue weighted by Crippen LogP contribution is -2.54. The molecule has 1 N–H and O–H groups in total. The average Bonchev–Trinajstić information content (AvgIpc) is 3.01. The Hall–Kier alpha value is -3.85. The number of rotatable bonds is 12. The summed E-state index contributed by atoms with van der Waals surface area (Å²) in [5.74, 6) is -0.129. The van der Waals surface area contributed by atoms with E-state index in [2.05, 4.69) is 5.32 Å². The molecule has 0 heterocycles. The van der Waals surface area contributed by atoms with Crippen molar-refractivity contribution in [3.05, 3.63) is 90.0 Å². The van der Waals surface area contributed by atoms with Crippen molar-refractivity contribution < 1.29 is 22.7 Å². The molecular formula is C33H41N3O5S. The minimum Gasteiger partial charge on any atom is -0.497 e. The van der Waals surface area contributed by atoms with Crippen LogP contribution in [0.3, 0.4) is 0 Å². The van der Waals surface area contributed by atoms with E-state index in [1.165, 1.54) is 25.7 Å². The molecule has 0 bridgehead atoms. The molecule has 0 unspecified atom stereocenters. The predicted molar refractivity (Wildman–Crippen MR) is 165 cm³/mol. The monoisotopic (exact) mass is 591 g/mol. The number of methoxy groups -OCH3 is 1. The standard InChI is InChI=1S/C33H41N3O5S/c1-4-31(33(38)34-27-15-7-5-8-16-27)35(23-26-14-12-11-13-25(26)2)32(37)24-36(28-17-9-6-10-18-28)42(39,40)30-21-19-29(41-3)20-22-30/h6,9-14,17-22,27,31H,4-5,7-8,15-16,23-24H2,1-3H3,(H,34,38)/t31-/m1/s1. The molecule has 9 heteroatoms. The van der Waals surface area contributed by atoms with Crippen molar-refractivity contribution in [1.29, 1.82) is 0 Å². The van der Waals surface area contributed by atoms with Crippen LogP contribution in [0.2, 0.25) is 0 Å². The molecule has 1 aliphatic rings. The largest absolute Gasteiger partial charge is 0.497 e. The van der Waals surface area contributed by atoms with Crippen LogP contribution in [0.1, 0.15) is 56.6 Å². The molecule has 0 aromatic heterocycles. The molecule has 1 saturated carbocycles. The molecule has 1 atom stereocenters. The van der Waals surface area contributed by atoms with E-state index < -0.39 is 28.5 Å². The Kier molecular flexibility index (Phi) is 10.6. The van der Waals surface area contributed by atoms with Crippen LogP contribution in [0.25, 0.3) is 0 Å². The molecule has 224 valence electrons. The highest BCUT2D eigenvalue weighted by Crippen LogP contribution is 2.26. The summed E-state index contributed by atoms with van der Waals surface area (Å²) in [5, 5.41) is 3.18. The first-order valence-electron chi connectivity index (χ1n) is 14.6. The van der Waals surface area contributed by atoms with Crippen molar-refractivity contribution in [3.63, 3.8) is 0 Å². The molecule has 4 rings (SSSR count). The van der Waals surface area contributed by atoms with Gasteiger partial charge in [-0.25, -0.2) is 8.42 Å². The fraction of sp³-hybridized carbons (Fsp3) is 0.394. The van der Waals surface area contributed by atoms with Crippen LogP contribution < -0.4 is 14.4 Å². The Balaban J connectivity index is 1.69. The van der Waals surface area contributed by atoms with E-state index in [1.54, 1.807) is 47.4 Å². The molecule has 3 aromatic rings. The lowest BCUT2D eigenvalue weighted by molar-refractivity contribution is -0.140. The van der Waals surface area contributed by atoms with Gasteiger partial charge in [0, 0.05) is 12.6 Å². The summed E-state index contributed by atoms with van der Waals surface area (Å²) in [6.07, 6.45) is 5.56. The van der Waals surface area contributed by atoms with Gasteiger partial charge in [-0.2, -0.15) is 0 Å². The van der Waals surface area contributed by atoms with Gasteiger partial charge in [-0.05, 0) is 73.7 Å². The molecule has 1 aliphatic carbocycles. The number of nitrogens with one attached hydrogen (secondary N) is 1. The zero-order valence-electron chi connectivity index (χ0n) is 24.7. The second-order valence-corrected chi connectivity index (χ2v) is 12.6. The van der Waals surface area contributed by atoms with Crippen LogP contribution in [-0.2, 0) is 26.2 Å². The van der Waals surface area contributed by atoms with Crippen LogP contribution in [0, 0.1) is 6.92 Å². The van der Waals surface area contributed by atoms with Gasteiger partial charge in [-0.15, -0.1) is 0 Å². The maximum atomic E-state index is 14.2. The van der Waals surface area contributed by atoms with Crippen LogP contribution in [0.15, 0.2) is 83.8 Å². The van der Waals surface area contributed by atoms with Crippen LogP contribution in [0.5, 0.6) is 5.75 Å². The zero-order chi connectivity index (χ0) is 30.1. The summed E-state index contributed by atoms with van der Waals surface area (Å²) in [5.41, 5.74) is 2.25. The van der Waals surface area contributed by atoms with Gasteiger partial charge in [0.1, 0.15) is 18.3 Å². The summed E-state index contributed by atoms with van der Waals surface area (Å²) in [6, 6.07) is 21.7. The summed E-state index contributed by atoms with van der Waals surface area (Å²) >= 11 is 0. The second-order valence-electron chi connectivity index (χ2n) is 10.7. The quantitative estimate of drug-likeness (QED) is 0.302. The molecule has 0 radical (unpaired) electrons. The molecule has 1 fully saturated rings. The van der Waals surface area contributed by atoms with Crippen molar-refractivity contribution >= 4 is 27.5 Å². The summed E-state index contributed by atoms with van der Waals surface area (Å²) in [4.78, 5) is 29.5. The van der Waals surface area contributed by atoms with E-state index in [9.17, 15) is 18.0 Å². The van der Waals surface area contributed by atoms with Crippen molar-refractivity contribution in [2.24, 2.45) is 0 Å². The third-order valence-electron chi connectivity index (χ3n) is 7.91. The van der Waals surface area contributed by atoms with Gasteiger partial charge in [0.05, 0.1) is 17.7 Å². The van der Waals surface area contributed by atoms with Gasteiger partial charge in [0.25, 0.3) is 10.0 Å². The topological polar surface area (TPSA) is 96.0 Å². The highest BCUT2D eigenvalue weighted by molar-refractivity contribution is 7.92. The third-order valence-corrected chi connectivity index (χ3v) is 9.70. The molecule has 0 aliphatic heterocycles. The number of nitrogens with zero attached hydrogens (tertiary/aromatic N) is 2. The van der Waals surface area contributed by atoms with E-state index >= 15 is 0 Å². The number of hydrogen-bond acceptors (Lipinski definition) is 5.